The van der Waals surface area contributed by atoms with Gasteiger partial charge in [-0.15, -0.1) is 0 Å². The lowest BCUT2D eigenvalue weighted by molar-refractivity contribution is 0.590. The van der Waals surface area contributed by atoms with Gasteiger partial charge in [0, 0.05) is 6.54 Å². The van der Waals surface area contributed by atoms with E-state index in [1.807, 2.05) is 0 Å². The van der Waals surface area contributed by atoms with Crippen LogP contribution < -0.4 is 10.5 Å². The van der Waals surface area contributed by atoms with Gasteiger partial charge >= 0.3 is 0 Å². The second kappa shape index (κ2) is 6.74. The normalized spacial score (nSPS) is 11.6. The zero-order valence-electron chi connectivity index (χ0n) is 10.1. The zero-order chi connectivity index (χ0) is 12.7. The summed E-state index contributed by atoms with van der Waals surface area (Å²) in [5, 5.41) is 8.10. The maximum absolute atomic E-state index is 10.7. The van der Waals surface area contributed by atoms with Crippen LogP contribution in [0.4, 0.5) is 0 Å². The summed E-state index contributed by atoms with van der Waals surface area (Å²) < 4.78 is 21.4. The lowest BCUT2D eigenvalue weighted by Gasteiger charge is -2.05. The van der Waals surface area contributed by atoms with Crippen molar-refractivity contribution in [2.75, 3.05) is 12.3 Å². The van der Waals surface area contributed by atoms with Crippen LogP contribution in [0.2, 0.25) is 0 Å². The standard InChI is InChI=1S/C12H20N2O2S/c1-2-11-4-6-12(7-5-11)10-14-8-3-9-17(13,15)16/h4-7,14H,2-3,8-10H2,1H3,(H2,13,15,16). The van der Waals surface area contributed by atoms with Crippen molar-refractivity contribution in [3.05, 3.63) is 35.4 Å². The maximum Gasteiger partial charge on any atom is 0.209 e. The monoisotopic (exact) mass is 256 g/mol. The second-order valence-electron chi connectivity index (χ2n) is 4.07. The van der Waals surface area contributed by atoms with Gasteiger partial charge in [0.1, 0.15) is 0 Å². The summed E-state index contributed by atoms with van der Waals surface area (Å²) in [6.45, 7) is 3.54. The van der Waals surface area contributed by atoms with Gasteiger partial charge in [-0.3, -0.25) is 0 Å². The first kappa shape index (κ1) is 14.2. The fourth-order valence-electron chi connectivity index (χ4n) is 1.52. The van der Waals surface area contributed by atoms with E-state index in [4.69, 9.17) is 5.14 Å². The number of nitrogens with one attached hydrogen (secondary N) is 1. The zero-order valence-corrected chi connectivity index (χ0v) is 11.0. The van der Waals surface area contributed by atoms with Crippen molar-refractivity contribution in [1.82, 2.24) is 5.32 Å². The van der Waals surface area contributed by atoms with Gasteiger partial charge in [-0.05, 0) is 30.5 Å². The molecule has 0 spiro atoms. The Labute approximate surface area is 103 Å². The Balaban J connectivity index is 2.22. The third-order valence-electron chi connectivity index (χ3n) is 2.54. The topological polar surface area (TPSA) is 72.2 Å². The molecule has 0 aliphatic rings. The summed E-state index contributed by atoms with van der Waals surface area (Å²) in [5.74, 6) is 0.0365. The molecule has 0 bridgehead atoms. The molecule has 0 fully saturated rings. The number of hydrogen-bond donors (Lipinski definition) is 2. The molecule has 3 N–H and O–H groups in total. The van der Waals surface area contributed by atoms with Gasteiger partial charge in [0.05, 0.1) is 5.75 Å². The van der Waals surface area contributed by atoms with Gasteiger partial charge in [0.25, 0.3) is 0 Å². The highest BCUT2D eigenvalue weighted by molar-refractivity contribution is 7.89. The fourth-order valence-corrected chi connectivity index (χ4v) is 2.07. The molecule has 1 aromatic rings. The van der Waals surface area contributed by atoms with Crippen LogP contribution in [-0.4, -0.2) is 20.7 Å². The Morgan fingerprint density at radius 3 is 2.29 bits per heavy atom. The summed E-state index contributed by atoms with van der Waals surface area (Å²) in [6.07, 6.45) is 1.59. The summed E-state index contributed by atoms with van der Waals surface area (Å²) in [7, 11) is -3.32. The molecule has 0 atom stereocenters. The Morgan fingerprint density at radius 2 is 1.76 bits per heavy atom. The van der Waals surface area contributed by atoms with Crippen molar-refractivity contribution in [1.29, 1.82) is 0 Å². The molecule has 0 saturated carbocycles. The Hall–Kier alpha value is -0.910. The highest BCUT2D eigenvalue weighted by Gasteiger charge is 2.01. The minimum absolute atomic E-state index is 0.0365. The molecule has 0 unspecified atom stereocenters. The van der Waals surface area contributed by atoms with E-state index in [2.05, 4.69) is 36.5 Å². The van der Waals surface area contributed by atoms with E-state index in [0.717, 1.165) is 13.0 Å². The van der Waals surface area contributed by atoms with Crippen molar-refractivity contribution >= 4 is 10.0 Å². The number of hydrogen-bond acceptors (Lipinski definition) is 3. The summed E-state index contributed by atoms with van der Waals surface area (Å²) in [5.41, 5.74) is 2.53. The van der Waals surface area contributed by atoms with Gasteiger partial charge in [-0.1, -0.05) is 31.2 Å². The van der Waals surface area contributed by atoms with Crippen LogP contribution in [0.15, 0.2) is 24.3 Å². The predicted octanol–water partition coefficient (Wildman–Crippen LogP) is 1.02. The number of sulfonamides is 1. The molecule has 17 heavy (non-hydrogen) atoms. The molecule has 0 aromatic heterocycles. The molecular formula is C12H20N2O2S. The molecule has 0 amide bonds. The van der Waals surface area contributed by atoms with E-state index >= 15 is 0 Å². The average Bonchev–Trinajstić information content (AvgIpc) is 2.28. The van der Waals surface area contributed by atoms with Gasteiger partial charge < -0.3 is 5.32 Å². The van der Waals surface area contributed by atoms with E-state index in [9.17, 15) is 8.42 Å². The predicted molar refractivity (Wildman–Crippen MR) is 70.1 cm³/mol. The van der Waals surface area contributed by atoms with E-state index in [0.29, 0.717) is 13.0 Å². The molecule has 0 heterocycles. The first-order chi connectivity index (χ1) is 8.01. The Morgan fingerprint density at radius 1 is 1.18 bits per heavy atom. The van der Waals surface area contributed by atoms with Gasteiger partial charge in [-0.25, -0.2) is 13.6 Å². The lowest BCUT2D eigenvalue weighted by atomic mass is 10.1. The molecule has 5 heteroatoms. The van der Waals surface area contributed by atoms with Crippen LogP contribution >= 0.6 is 0 Å². The molecule has 1 aromatic carbocycles. The number of rotatable bonds is 7. The average molecular weight is 256 g/mol. The molecular weight excluding hydrogens is 236 g/mol. The Bertz CT molecular complexity index is 426. The van der Waals surface area contributed by atoms with Crippen LogP contribution in [0.1, 0.15) is 24.5 Å². The minimum Gasteiger partial charge on any atom is -0.313 e. The van der Waals surface area contributed by atoms with Crippen molar-refractivity contribution in [3.63, 3.8) is 0 Å². The van der Waals surface area contributed by atoms with Gasteiger partial charge in [0.2, 0.25) is 10.0 Å². The lowest BCUT2D eigenvalue weighted by Crippen LogP contribution is -2.22. The largest absolute Gasteiger partial charge is 0.313 e. The minimum atomic E-state index is -3.32. The highest BCUT2D eigenvalue weighted by atomic mass is 32.2. The summed E-state index contributed by atoms with van der Waals surface area (Å²) in [6, 6.07) is 8.40. The number of nitrogens with two attached hydrogens (primary N) is 1. The van der Waals surface area contributed by atoms with Gasteiger partial charge in [0.15, 0.2) is 0 Å². The van der Waals surface area contributed by atoms with Crippen LogP contribution in [0.3, 0.4) is 0 Å². The SMILES string of the molecule is CCc1ccc(CNCCCS(N)(=O)=O)cc1. The number of benzene rings is 1. The van der Waals surface area contributed by atoms with Crippen molar-refractivity contribution in [3.8, 4) is 0 Å². The molecule has 0 aliphatic heterocycles. The van der Waals surface area contributed by atoms with E-state index in [1.165, 1.54) is 11.1 Å². The van der Waals surface area contributed by atoms with Crippen LogP contribution in [0, 0.1) is 0 Å². The van der Waals surface area contributed by atoms with Gasteiger partial charge in [-0.2, -0.15) is 0 Å². The summed E-state index contributed by atoms with van der Waals surface area (Å²) in [4.78, 5) is 0. The fraction of sp³-hybridized carbons (Fsp3) is 0.500. The molecule has 0 aliphatic carbocycles. The quantitative estimate of drug-likeness (QED) is 0.715. The van der Waals surface area contributed by atoms with Crippen LogP contribution in [0.25, 0.3) is 0 Å². The molecule has 0 radical (unpaired) electrons. The van der Waals surface area contributed by atoms with Crippen LogP contribution in [0.5, 0.6) is 0 Å². The molecule has 4 nitrogen and oxygen atoms in total. The molecule has 96 valence electrons. The first-order valence-electron chi connectivity index (χ1n) is 5.80. The third-order valence-corrected chi connectivity index (χ3v) is 3.40. The number of aryl methyl sites for hydroxylation is 1. The molecule has 0 saturated heterocycles. The second-order valence-corrected chi connectivity index (χ2v) is 5.80. The summed E-state index contributed by atoms with van der Waals surface area (Å²) >= 11 is 0. The highest BCUT2D eigenvalue weighted by Crippen LogP contribution is 2.04. The van der Waals surface area contributed by atoms with E-state index in [-0.39, 0.29) is 5.75 Å². The van der Waals surface area contributed by atoms with E-state index < -0.39 is 10.0 Å². The smallest absolute Gasteiger partial charge is 0.209 e. The third kappa shape index (κ3) is 6.41. The Kier molecular flexibility index (Phi) is 5.61. The van der Waals surface area contributed by atoms with Crippen molar-refractivity contribution in [2.45, 2.75) is 26.3 Å². The first-order valence-corrected chi connectivity index (χ1v) is 7.52. The van der Waals surface area contributed by atoms with E-state index in [1.54, 1.807) is 0 Å². The molecule has 1 rings (SSSR count). The van der Waals surface area contributed by atoms with Crippen molar-refractivity contribution < 1.29 is 8.42 Å². The maximum atomic E-state index is 10.7. The van der Waals surface area contributed by atoms with Crippen molar-refractivity contribution in [2.24, 2.45) is 5.14 Å². The van der Waals surface area contributed by atoms with Crippen LogP contribution in [-0.2, 0) is 23.0 Å². The number of primary sulfonamides is 1.